The quantitative estimate of drug-likeness (QED) is 0.137. The molecule has 0 aromatic carbocycles. The minimum atomic E-state index is -1.67. The molecule has 0 saturated carbocycles. The first kappa shape index (κ1) is 25.8. The predicted molar refractivity (Wildman–Crippen MR) is 102 cm³/mol. The van der Waals surface area contributed by atoms with Gasteiger partial charge >= 0.3 is 11.9 Å². The number of primary amides is 1. The first-order chi connectivity index (χ1) is 14.5. The van der Waals surface area contributed by atoms with Gasteiger partial charge in [-0.15, -0.1) is 0 Å². The SMILES string of the molecule is NC(=O)CC(NC(=O)C(CO)NC(=O)C(CCC(=O)O)NC(=O)C1CCCN1)C(=O)O. The Morgan fingerprint density at radius 2 is 1.58 bits per heavy atom. The van der Waals surface area contributed by atoms with Crippen LogP contribution in [-0.4, -0.2) is 88.2 Å². The molecule has 0 aromatic heterocycles. The lowest BCUT2D eigenvalue weighted by atomic mass is 10.1. The molecule has 1 fully saturated rings. The standard InChI is InChI=1S/C17H27N5O9/c18-12(24)6-10(17(30)31)21-16(29)11(7-23)22-15(28)9(3-4-13(25)26)20-14(27)8-2-1-5-19-8/h8-11,19,23H,1-7H2,(H2,18,24)(H,20,27)(H,21,29)(H,22,28)(H,25,26)(H,30,31). The monoisotopic (exact) mass is 445 g/mol. The van der Waals surface area contributed by atoms with Crippen LogP contribution < -0.4 is 27.0 Å². The maximum atomic E-state index is 12.6. The van der Waals surface area contributed by atoms with Crippen molar-refractivity contribution in [2.75, 3.05) is 13.2 Å². The third kappa shape index (κ3) is 8.96. The molecule has 9 N–H and O–H groups in total. The second-order valence-corrected chi connectivity index (χ2v) is 6.96. The van der Waals surface area contributed by atoms with Crippen LogP contribution in [0.25, 0.3) is 0 Å². The van der Waals surface area contributed by atoms with Crippen molar-refractivity contribution in [3.05, 3.63) is 0 Å². The average molecular weight is 445 g/mol. The highest BCUT2D eigenvalue weighted by atomic mass is 16.4. The van der Waals surface area contributed by atoms with E-state index in [9.17, 15) is 33.9 Å². The van der Waals surface area contributed by atoms with Gasteiger partial charge in [-0.3, -0.25) is 24.0 Å². The number of carboxylic acids is 2. The molecular formula is C17H27N5O9. The zero-order valence-electron chi connectivity index (χ0n) is 16.6. The van der Waals surface area contributed by atoms with Gasteiger partial charge in [-0.1, -0.05) is 0 Å². The van der Waals surface area contributed by atoms with E-state index in [1.807, 2.05) is 5.32 Å². The van der Waals surface area contributed by atoms with Crippen LogP contribution in [0.3, 0.4) is 0 Å². The third-order valence-corrected chi connectivity index (χ3v) is 4.49. The van der Waals surface area contributed by atoms with E-state index in [4.69, 9.17) is 15.9 Å². The molecule has 0 radical (unpaired) electrons. The van der Waals surface area contributed by atoms with Crippen LogP contribution in [0, 0.1) is 0 Å². The van der Waals surface area contributed by atoms with Crippen molar-refractivity contribution in [3.8, 4) is 0 Å². The summed E-state index contributed by atoms with van der Waals surface area (Å²) in [6.07, 6.45) is -0.145. The number of hydrogen-bond donors (Lipinski definition) is 8. The fourth-order valence-electron chi connectivity index (χ4n) is 2.86. The van der Waals surface area contributed by atoms with Crippen molar-refractivity contribution in [3.63, 3.8) is 0 Å². The molecule has 4 unspecified atom stereocenters. The highest BCUT2D eigenvalue weighted by Gasteiger charge is 2.31. The lowest BCUT2D eigenvalue weighted by molar-refractivity contribution is -0.144. The smallest absolute Gasteiger partial charge is 0.326 e. The minimum Gasteiger partial charge on any atom is -0.481 e. The molecule has 4 amide bonds. The van der Waals surface area contributed by atoms with E-state index in [1.54, 1.807) is 0 Å². The summed E-state index contributed by atoms with van der Waals surface area (Å²) < 4.78 is 0. The fraction of sp³-hybridized carbons (Fsp3) is 0.647. The van der Waals surface area contributed by atoms with Crippen LogP contribution in [0.4, 0.5) is 0 Å². The number of carboxylic acid groups (broad SMARTS) is 2. The molecule has 174 valence electrons. The molecule has 1 saturated heterocycles. The van der Waals surface area contributed by atoms with Gasteiger partial charge in [-0.2, -0.15) is 0 Å². The zero-order chi connectivity index (χ0) is 23.6. The second kappa shape index (κ2) is 12.4. The van der Waals surface area contributed by atoms with Gasteiger partial charge in [0.1, 0.15) is 18.1 Å². The molecule has 1 aliphatic heterocycles. The van der Waals surface area contributed by atoms with Crippen LogP contribution in [-0.2, 0) is 28.8 Å². The zero-order valence-corrected chi connectivity index (χ0v) is 16.6. The van der Waals surface area contributed by atoms with Crippen molar-refractivity contribution in [1.82, 2.24) is 21.3 Å². The van der Waals surface area contributed by atoms with Crippen LogP contribution >= 0.6 is 0 Å². The van der Waals surface area contributed by atoms with E-state index in [0.29, 0.717) is 13.0 Å². The van der Waals surface area contributed by atoms with Gasteiger partial charge in [0.2, 0.25) is 23.6 Å². The highest BCUT2D eigenvalue weighted by Crippen LogP contribution is 2.07. The molecule has 1 aliphatic rings. The van der Waals surface area contributed by atoms with Gasteiger partial charge in [0, 0.05) is 6.42 Å². The second-order valence-electron chi connectivity index (χ2n) is 6.96. The Kier molecular flexibility index (Phi) is 10.3. The van der Waals surface area contributed by atoms with Crippen molar-refractivity contribution in [2.45, 2.75) is 56.3 Å². The first-order valence-electron chi connectivity index (χ1n) is 9.53. The van der Waals surface area contributed by atoms with Crippen LogP contribution in [0.5, 0.6) is 0 Å². The maximum absolute atomic E-state index is 12.6. The van der Waals surface area contributed by atoms with Crippen LogP contribution in [0.15, 0.2) is 0 Å². The van der Waals surface area contributed by atoms with Crippen molar-refractivity contribution in [1.29, 1.82) is 0 Å². The molecule has 0 aliphatic carbocycles. The van der Waals surface area contributed by atoms with Gasteiger partial charge in [-0.05, 0) is 25.8 Å². The Morgan fingerprint density at radius 1 is 0.968 bits per heavy atom. The predicted octanol–water partition coefficient (Wildman–Crippen LogP) is -3.99. The van der Waals surface area contributed by atoms with E-state index >= 15 is 0 Å². The largest absolute Gasteiger partial charge is 0.481 e. The number of aliphatic carboxylic acids is 2. The summed E-state index contributed by atoms with van der Waals surface area (Å²) in [6, 6.07) is -5.14. The number of aliphatic hydroxyl groups excluding tert-OH is 1. The number of amides is 4. The van der Waals surface area contributed by atoms with E-state index in [2.05, 4.69) is 16.0 Å². The molecule has 0 aromatic rings. The summed E-state index contributed by atoms with van der Waals surface area (Å²) >= 11 is 0. The summed E-state index contributed by atoms with van der Waals surface area (Å²) in [6.45, 7) is -0.308. The number of hydrogen-bond acceptors (Lipinski definition) is 8. The minimum absolute atomic E-state index is 0.279. The molecule has 14 heteroatoms. The van der Waals surface area contributed by atoms with Gasteiger partial charge < -0.3 is 42.3 Å². The average Bonchev–Trinajstić information content (AvgIpc) is 3.22. The fourth-order valence-corrected chi connectivity index (χ4v) is 2.86. The first-order valence-corrected chi connectivity index (χ1v) is 9.53. The van der Waals surface area contributed by atoms with E-state index < -0.39 is 79.2 Å². The van der Waals surface area contributed by atoms with E-state index in [-0.39, 0.29) is 6.42 Å². The molecule has 1 rings (SSSR count). The summed E-state index contributed by atoms with van der Waals surface area (Å²) in [4.78, 5) is 70.0. The number of carbonyl (C=O) groups excluding carboxylic acids is 4. The topological polar surface area (TPSA) is 237 Å². The number of rotatable bonds is 13. The van der Waals surface area contributed by atoms with Crippen molar-refractivity contribution < 1.29 is 44.1 Å². The van der Waals surface area contributed by atoms with E-state index in [0.717, 1.165) is 6.42 Å². The van der Waals surface area contributed by atoms with Gasteiger partial charge in [-0.25, -0.2) is 4.79 Å². The highest BCUT2D eigenvalue weighted by molar-refractivity contribution is 5.95. The Hall–Kier alpha value is -3.26. The summed E-state index contributed by atoms with van der Waals surface area (Å²) in [5, 5.41) is 36.8. The summed E-state index contributed by atoms with van der Waals surface area (Å²) in [7, 11) is 0. The lowest BCUT2D eigenvalue weighted by Gasteiger charge is -2.24. The van der Waals surface area contributed by atoms with Crippen LogP contribution in [0.2, 0.25) is 0 Å². The lowest BCUT2D eigenvalue weighted by Crippen LogP contribution is -2.58. The third-order valence-electron chi connectivity index (χ3n) is 4.49. The molecule has 1 heterocycles. The van der Waals surface area contributed by atoms with Gasteiger partial charge in [0.25, 0.3) is 0 Å². The Labute approximate surface area is 176 Å². The van der Waals surface area contributed by atoms with Crippen LogP contribution in [0.1, 0.15) is 32.1 Å². The molecule has 31 heavy (non-hydrogen) atoms. The number of aliphatic hydroxyl groups is 1. The summed E-state index contributed by atoms with van der Waals surface area (Å²) in [5.74, 6) is -6.31. The Balaban J connectivity index is 2.82. The van der Waals surface area contributed by atoms with Crippen molar-refractivity contribution >= 4 is 35.6 Å². The Morgan fingerprint density at radius 3 is 2.06 bits per heavy atom. The van der Waals surface area contributed by atoms with E-state index in [1.165, 1.54) is 0 Å². The van der Waals surface area contributed by atoms with Gasteiger partial charge in [0.05, 0.1) is 19.1 Å². The molecule has 14 nitrogen and oxygen atoms in total. The normalized spacial score (nSPS) is 18.3. The van der Waals surface area contributed by atoms with Crippen molar-refractivity contribution in [2.24, 2.45) is 5.73 Å². The maximum Gasteiger partial charge on any atom is 0.326 e. The summed E-state index contributed by atoms with van der Waals surface area (Å²) in [5.41, 5.74) is 4.93. The Bertz CT molecular complexity index is 708. The van der Waals surface area contributed by atoms with Gasteiger partial charge in [0.15, 0.2) is 0 Å². The number of nitrogens with one attached hydrogen (secondary N) is 4. The number of nitrogens with two attached hydrogens (primary N) is 1. The molecular weight excluding hydrogens is 418 g/mol. The number of carbonyl (C=O) groups is 6. The molecule has 4 atom stereocenters. The molecule has 0 spiro atoms. The molecule has 0 bridgehead atoms.